The van der Waals surface area contributed by atoms with Crippen molar-refractivity contribution >= 4 is 0 Å². The van der Waals surface area contributed by atoms with Gasteiger partial charge in [0, 0.05) is 38.4 Å². The molecular formula is C15H25N9. The van der Waals surface area contributed by atoms with Crippen LogP contribution in [0.3, 0.4) is 0 Å². The fourth-order valence-electron chi connectivity index (χ4n) is 0.926. The van der Waals surface area contributed by atoms with E-state index in [-0.39, 0.29) is 0 Å². The summed E-state index contributed by atoms with van der Waals surface area (Å²) in [5.74, 6) is 4.50. The van der Waals surface area contributed by atoms with E-state index in [1.807, 2.05) is 40.3 Å². The number of hydrogen-bond donors (Lipinski definition) is 0. The lowest BCUT2D eigenvalue weighted by Crippen LogP contribution is -1.85. The average molecular weight is 331 g/mol. The van der Waals surface area contributed by atoms with Crippen molar-refractivity contribution in [1.29, 1.82) is 0 Å². The van der Waals surface area contributed by atoms with Crippen molar-refractivity contribution < 1.29 is 0 Å². The van der Waals surface area contributed by atoms with E-state index in [1.165, 1.54) is 7.05 Å². The summed E-state index contributed by atoms with van der Waals surface area (Å²) in [6, 6.07) is 0. The molecule has 0 aliphatic carbocycles. The molecule has 0 aromatic carbocycles. The Morgan fingerprint density at radius 2 is 1.25 bits per heavy atom. The van der Waals surface area contributed by atoms with Crippen LogP contribution < -0.4 is 0 Å². The molecule has 2 aromatic heterocycles. The smallest absolute Gasteiger partial charge is 0.0796 e. The van der Waals surface area contributed by atoms with Crippen molar-refractivity contribution in [2.24, 2.45) is 19.2 Å². The molecule has 0 atom stereocenters. The highest BCUT2D eigenvalue weighted by Crippen LogP contribution is 1.83. The Kier molecular flexibility index (Phi) is 21.1. The number of terminal acetylenes is 2. The van der Waals surface area contributed by atoms with Crippen LogP contribution in [0.1, 0.15) is 25.2 Å². The first-order chi connectivity index (χ1) is 11.3. The van der Waals surface area contributed by atoms with Gasteiger partial charge in [0.05, 0.1) is 11.4 Å². The van der Waals surface area contributed by atoms with E-state index in [0.29, 0.717) is 0 Å². The minimum absolute atomic E-state index is 0.961. The first kappa shape index (κ1) is 25.7. The molecule has 0 saturated heterocycles. The first-order valence-electron chi connectivity index (χ1n) is 6.66. The predicted molar refractivity (Wildman–Crippen MR) is 95.6 cm³/mol. The van der Waals surface area contributed by atoms with Crippen LogP contribution in [0.2, 0.25) is 0 Å². The van der Waals surface area contributed by atoms with Gasteiger partial charge in [0.25, 0.3) is 0 Å². The molecule has 0 aliphatic heterocycles. The van der Waals surface area contributed by atoms with Gasteiger partial charge in [-0.05, 0) is 33.2 Å². The maximum Gasteiger partial charge on any atom is 0.0796 e. The Morgan fingerprint density at radius 1 is 1.00 bits per heavy atom. The van der Waals surface area contributed by atoms with Gasteiger partial charge in [-0.25, -0.2) is 0 Å². The van der Waals surface area contributed by atoms with Crippen molar-refractivity contribution in [1.82, 2.24) is 30.0 Å². The zero-order valence-corrected chi connectivity index (χ0v) is 15.3. The van der Waals surface area contributed by atoms with Crippen LogP contribution in [0.25, 0.3) is 10.4 Å². The molecule has 2 heterocycles. The molecular weight excluding hydrogens is 306 g/mol. The van der Waals surface area contributed by atoms with Gasteiger partial charge in [-0.1, -0.05) is 15.5 Å². The Hall–Kier alpha value is -3.29. The van der Waals surface area contributed by atoms with Crippen LogP contribution in [0.5, 0.6) is 0 Å². The molecule has 0 fully saturated rings. The second kappa shape index (κ2) is 19.7. The Labute approximate surface area is 143 Å². The van der Waals surface area contributed by atoms with Gasteiger partial charge in [-0.2, -0.15) is 0 Å². The summed E-state index contributed by atoms with van der Waals surface area (Å²) >= 11 is 0. The number of hydrogen-bond acceptors (Lipinski definition) is 5. The molecule has 0 unspecified atom stereocenters. The standard InChI is InChI=1S/2C4H7N3.2C3H4.CH3N3/c2*1-4-3-7(2)6-5-4;2*1-3-2;1-3-4-2/h2*3H,1-2H3;2*1H,2H3;1H3. The summed E-state index contributed by atoms with van der Waals surface area (Å²) in [6.07, 6.45) is 12.9. The molecule has 9 heteroatoms. The van der Waals surface area contributed by atoms with E-state index >= 15 is 0 Å². The molecule has 0 N–H and O–H groups in total. The minimum atomic E-state index is 0.961. The lowest BCUT2D eigenvalue weighted by molar-refractivity contribution is 0.714. The van der Waals surface area contributed by atoms with Gasteiger partial charge in [0.2, 0.25) is 0 Å². The van der Waals surface area contributed by atoms with Gasteiger partial charge in [-0.3, -0.25) is 9.36 Å². The highest BCUT2D eigenvalue weighted by Gasteiger charge is 1.84. The van der Waals surface area contributed by atoms with Crippen LogP contribution in [0.15, 0.2) is 17.5 Å². The summed E-state index contributed by atoms with van der Waals surface area (Å²) in [6.45, 7) is 7.12. The second-order valence-electron chi connectivity index (χ2n) is 3.93. The number of azide groups is 1. The molecule has 0 radical (unpaired) electrons. The fraction of sp³-hybridized carbons (Fsp3) is 0.467. The second-order valence-corrected chi connectivity index (χ2v) is 3.93. The zero-order chi connectivity index (χ0) is 19.4. The number of rotatable bonds is 0. The zero-order valence-electron chi connectivity index (χ0n) is 15.3. The van der Waals surface area contributed by atoms with Crippen LogP contribution >= 0.6 is 0 Å². The van der Waals surface area contributed by atoms with Gasteiger partial charge in [0.1, 0.15) is 0 Å². The van der Waals surface area contributed by atoms with Crippen LogP contribution in [0, 0.1) is 38.5 Å². The molecule has 0 amide bonds. The third kappa shape index (κ3) is 23.8. The quantitative estimate of drug-likeness (QED) is 0.319. The fourth-order valence-corrected chi connectivity index (χ4v) is 0.926. The van der Waals surface area contributed by atoms with Gasteiger partial charge >= 0.3 is 0 Å². The van der Waals surface area contributed by atoms with Crippen molar-refractivity contribution in [3.05, 3.63) is 34.2 Å². The maximum atomic E-state index is 7.33. The third-order valence-electron chi connectivity index (χ3n) is 1.52. The first-order valence-corrected chi connectivity index (χ1v) is 6.66. The van der Waals surface area contributed by atoms with E-state index < -0.39 is 0 Å². The topological polar surface area (TPSA) is 110 Å². The average Bonchev–Trinajstić information content (AvgIpc) is 3.09. The maximum absolute atomic E-state index is 7.33. The van der Waals surface area contributed by atoms with Gasteiger partial charge in [0.15, 0.2) is 0 Å². The Balaban J connectivity index is -0.000000244. The van der Waals surface area contributed by atoms with Crippen molar-refractivity contribution in [3.8, 4) is 24.7 Å². The summed E-state index contributed by atoms with van der Waals surface area (Å²) in [4.78, 5) is 2.36. The lowest BCUT2D eigenvalue weighted by atomic mass is 10.6. The van der Waals surface area contributed by atoms with E-state index in [2.05, 4.69) is 55.3 Å². The Bertz CT molecular complexity index is 566. The molecule has 0 saturated carbocycles. The number of aromatic nitrogens is 6. The van der Waals surface area contributed by atoms with E-state index in [0.717, 1.165) is 11.4 Å². The molecule has 0 spiro atoms. The highest BCUT2D eigenvalue weighted by molar-refractivity contribution is 4.85. The highest BCUT2D eigenvalue weighted by atomic mass is 15.4. The van der Waals surface area contributed by atoms with Crippen molar-refractivity contribution in [3.63, 3.8) is 0 Å². The Morgan fingerprint density at radius 3 is 1.29 bits per heavy atom. The normalized spacial score (nSPS) is 6.88. The van der Waals surface area contributed by atoms with E-state index in [1.54, 1.807) is 23.2 Å². The largest absolute Gasteiger partial charge is 0.255 e. The summed E-state index contributed by atoms with van der Waals surface area (Å²) in [5.41, 5.74) is 9.25. The minimum Gasteiger partial charge on any atom is -0.255 e. The molecule has 130 valence electrons. The molecule has 9 nitrogen and oxygen atoms in total. The number of nitrogens with zero attached hydrogens (tertiary/aromatic N) is 9. The third-order valence-corrected chi connectivity index (χ3v) is 1.52. The lowest BCUT2D eigenvalue weighted by Gasteiger charge is -1.75. The SMILES string of the molecule is C#CC.C#CC.CN=[N+]=[N-].Cc1cn(C)nn1.Cc1cn(C)nn1. The van der Waals surface area contributed by atoms with Crippen molar-refractivity contribution in [2.75, 3.05) is 7.05 Å². The van der Waals surface area contributed by atoms with Crippen LogP contribution in [0.4, 0.5) is 0 Å². The molecule has 0 bridgehead atoms. The van der Waals surface area contributed by atoms with Crippen LogP contribution in [-0.4, -0.2) is 37.0 Å². The monoisotopic (exact) mass is 331 g/mol. The van der Waals surface area contributed by atoms with E-state index in [4.69, 9.17) is 5.53 Å². The van der Waals surface area contributed by atoms with E-state index in [9.17, 15) is 0 Å². The summed E-state index contributed by atoms with van der Waals surface area (Å²) < 4.78 is 3.35. The predicted octanol–water partition coefficient (Wildman–Crippen LogP) is 2.45. The molecule has 0 aliphatic rings. The van der Waals surface area contributed by atoms with Crippen molar-refractivity contribution in [2.45, 2.75) is 27.7 Å². The van der Waals surface area contributed by atoms with Crippen LogP contribution in [-0.2, 0) is 14.1 Å². The van der Waals surface area contributed by atoms with Gasteiger partial charge < -0.3 is 0 Å². The summed E-state index contributed by atoms with van der Waals surface area (Å²) in [5, 5.41) is 17.7. The molecule has 2 aromatic rings. The van der Waals surface area contributed by atoms with Gasteiger partial charge in [-0.15, -0.1) is 34.9 Å². The number of aryl methyl sites for hydroxylation is 4. The molecule has 24 heavy (non-hydrogen) atoms. The molecule has 2 rings (SSSR count). The summed E-state index contributed by atoms with van der Waals surface area (Å²) in [7, 11) is 5.08.